The van der Waals surface area contributed by atoms with Crippen LogP contribution in [0.25, 0.3) is 11.3 Å². The summed E-state index contributed by atoms with van der Waals surface area (Å²) in [5.74, 6) is 0.913. The Hall–Kier alpha value is -1.50. The first-order valence-electron chi connectivity index (χ1n) is 3.87. The summed E-state index contributed by atoms with van der Waals surface area (Å²) in [7, 11) is 1.68. The van der Waals surface area contributed by atoms with Gasteiger partial charge in [-0.3, -0.25) is 0 Å². The Morgan fingerprint density at radius 2 is 1.83 bits per heavy atom. The summed E-state index contributed by atoms with van der Waals surface area (Å²) in [6, 6.07) is 8.11. The van der Waals surface area contributed by atoms with Crippen LogP contribution in [0.15, 0.2) is 36.9 Å². The van der Waals surface area contributed by atoms with Crippen LogP contribution in [0, 0.1) is 0 Å². The van der Waals surface area contributed by atoms with Crippen molar-refractivity contribution in [1.29, 1.82) is 0 Å². The van der Waals surface area contributed by atoms with E-state index in [1.54, 1.807) is 7.11 Å². The van der Waals surface area contributed by atoms with Crippen LogP contribution < -0.4 is 0 Å². The van der Waals surface area contributed by atoms with E-state index in [-0.39, 0.29) is 0 Å². The predicted octanol–water partition coefficient (Wildman–Crippen LogP) is 2.70. The van der Waals surface area contributed by atoms with Gasteiger partial charge in [0.25, 0.3) is 0 Å². The fraction of sp³-hybridized carbons (Fsp3) is 0.0909. The SMILES string of the molecule is C=C1C=C(OC)c2ccccc21. The lowest BCUT2D eigenvalue weighted by atomic mass is 10.1. The molecule has 1 aliphatic carbocycles. The third kappa shape index (κ3) is 0.866. The summed E-state index contributed by atoms with van der Waals surface area (Å²) in [6.45, 7) is 3.94. The highest BCUT2D eigenvalue weighted by Crippen LogP contribution is 2.33. The number of rotatable bonds is 1. The maximum atomic E-state index is 5.21. The molecule has 1 aliphatic rings. The van der Waals surface area contributed by atoms with Gasteiger partial charge in [0.05, 0.1) is 7.11 Å². The molecule has 0 saturated heterocycles. The van der Waals surface area contributed by atoms with Crippen LogP contribution in [0.1, 0.15) is 11.1 Å². The largest absolute Gasteiger partial charge is 0.496 e. The molecule has 0 radical (unpaired) electrons. The molecule has 0 atom stereocenters. The second-order valence-corrected chi connectivity index (χ2v) is 2.78. The van der Waals surface area contributed by atoms with Crippen molar-refractivity contribution in [3.63, 3.8) is 0 Å². The number of ether oxygens (including phenoxy) is 1. The summed E-state index contributed by atoms with van der Waals surface area (Å²) in [4.78, 5) is 0. The molecule has 0 N–H and O–H groups in total. The van der Waals surface area contributed by atoms with E-state index >= 15 is 0 Å². The molecule has 0 aliphatic heterocycles. The van der Waals surface area contributed by atoms with E-state index in [1.807, 2.05) is 24.3 Å². The van der Waals surface area contributed by atoms with Gasteiger partial charge in [0.15, 0.2) is 0 Å². The first kappa shape index (κ1) is 7.17. The highest BCUT2D eigenvalue weighted by atomic mass is 16.5. The molecule has 0 amide bonds. The van der Waals surface area contributed by atoms with Crippen LogP contribution in [-0.4, -0.2) is 7.11 Å². The standard InChI is InChI=1S/C11H10O/c1-8-7-11(12-2)10-6-4-3-5-9(8)10/h3-7H,1H2,2H3. The molecule has 0 aromatic heterocycles. The average Bonchev–Trinajstić information content (AvgIpc) is 2.44. The Kier molecular flexibility index (Phi) is 1.51. The number of hydrogen-bond acceptors (Lipinski definition) is 1. The van der Waals surface area contributed by atoms with E-state index in [2.05, 4.69) is 12.6 Å². The molecular weight excluding hydrogens is 148 g/mol. The van der Waals surface area contributed by atoms with Crippen LogP contribution in [0.5, 0.6) is 0 Å². The third-order valence-corrected chi connectivity index (χ3v) is 2.06. The zero-order valence-corrected chi connectivity index (χ0v) is 7.00. The van der Waals surface area contributed by atoms with Crippen molar-refractivity contribution >= 4 is 11.3 Å². The monoisotopic (exact) mass is 158 g/mol. The van der Waals surface area contributed by atoms with Crippen molar-refractivity contribution in [2.45, 2.75) is 0 Å². The average molecular weight is 158 g/mol. The lowest BCUT2D eigenvalue weighted by Gasteiger charge is -2.02. The maximum Gasteiger partial charge on any atom is 0.127 e. The smallest absolute Gasteiger partial charge is 0.127 e. The van der Waals surface area contributed by atoms with Crippen LogP contribution >= 0.6 is 0 Å². The topological polar surface area (TPSA) is 9.23 Å². The molecule has 1 aromatic rings. The molecule has 0 fully saturated rings. The molecule has 0 saturated carbocycles. The molecule has 12 heavy (non-hydrogen) atoms. The van der Waals surface area contributed by atoms with E-state index in [0.717, 1.165) is 16.9 Å². The van der Waals surface area contributed by atoms with Gasteiger partial charge in [0.1, 0.15) is 5.76 Å². The van der Waals surface area contributed by atoms with Gasteiger partial charge in [-0.05, 0) is 17.2 Å². The van der Waals surface area contributed by atoms with Crippen molar-refractivity contribution in [1.82, 2.24) is 0 Å². The Morgan fingerprint density at radius 3 is 2.50 bits per heavy atom. The Balaban J connectivity index is 2.60. The van der Waals surface area contributed by atoms with Crippen LogP contribution in [0.2, 0.25) is 0 Å². The molecular formula is C11H10O. The minimum Gasteiger partial charge on any atom is -0.496 e. The Bertz CT molecular complexity index is 361. The Labute approximate surface area is 72.0 Å². The molecule has 0 unspecified atom stereocenters. The first-order chi connectivity index (χ1) is 5.83. The first-order valence-corrected chi connectivity index (χ1v) is 3.87. The fourth-order valence-corrected chi connectivity index (χ4v) is 1.46. The number of methoxy groups -OCH3 is 1. The molecule has 2 rings (SSSR count). The molecule has 0 spiro atoms. The van der Waals surface area contributed by atoms with Gasteiger partial charge in [-0.15, -0.1) is 0 Å². The summed E-state index contributed by atoms with van der Waals surface area (Å²) in [6.07, 6.45) is 1.96. The molecule has 1 heteroatoms. The number of hydrogen-bond donors (Lipinski definition) is 0. The summed E-state index contributed by atoms with van der Waals surface area (Å²) >= 11 is 0. The second kappa shape index (κ2) is 2.52. The lowest BCUT2D eigenvalue weighted by Crippen LogP contribution is -1.84. The van der Waals surface area contributed by atoms with Gasteiger partial charge in [0, 0.05) is 5.56 Å². The summed E-state index contributed by atoms with van der Waals surface area (Å²) in [5, 5.41) is 0. The minimum atomic E-state index is 0.913. The van der Waals surface area contributed by atoms with Gasteiger partial charge in [0.2, 0.25) is 0 Å². The van der Waals surface area contributed by atoms with Crippen LogP contribution in [0.4, 0.5) is 0 Å². The van der Waals surface area contributed by atoms with Crippen molar-refractivity contribution in [2.75, 3.05) is 7.11 Å². The molecule has 60 valence electrons. The minimum absolute atomic E-state index is 0.913. The van der Waals surface area contributed by atoms with Crippen molar-refractivity contribution in [3.8, 4) is 0 Å². The van der Waals surface area contributed by atoms with Crippen molar-refractivity contribution in [3.05, 3.63) is 48.0 Å². The molecule has 1 nitrogen and oxygen atoms in total. The van der Waals surface area contributed by atoms with Crippen LogP contribution in [0.3, 0.4) is 0 Å². The highest BCUT2D eigenvalue weighted by molar-refractivity contribution is 5.92. The van der Waals surface area contributed by atoms with Gasteiger partial charge >= 0.3 is 0 Å². The number of benzene rings is 1. The third-order valence-electron chi connectivity index (χ3n) is 2.06. The van der Waals surface area contributed by atoms with Gasteiger partial charge in [-0.1, -0.05) is 30.8 Å². The molecule has 0 bridgehead atoms. The van der Waals surface area contributed by atoms with Crippen molar-refractivity contribution in [2.24, 2.45) is 0 Å². The zero-order chi connectivity index (χ0) is 8.55. The van der Waals surface area contributed by atoms with E-state index in [0.29, 0.717) is 0 Å². The fourth-order valence-electron chi connectivity index (χ4n) is 1.46. The number of fused-ring (bicyclic) bond motifs is 1. The van der Waals surface area contributed by atoms with Gasteiger partial charge in [-0.25, -0.2) is 0 Å². The van der Waals surface area contributed by atoms with E-state index in [4.69, 9.17) is 4.74 Å². The molecule has 0 heterocycles. The maximum absolute atomic E-state index is 5.21. The number of allylic oxidation sites excluding steroid dienone is 2. The summed E-state index contributed by atoms with van der Waals surface area (Å²) < 4.78 is 5.21. The quantitative estimate of drug-likeness (QED) is 0.610. The lowest BCUT2D eigenvalue weighted by molar-refractivity contribution is 0.371. The summed E-state index contributed by atoms with van der Waals surface area (Å²) in [5.41, 5.74) is 3.35. The van der Waals surface area contributed by atoms with E-state index < -0.39 is 0 Å². The van der Waals surface area contributed by atoms with E-state index in [1.165, 1.54) is 5.56 Å². The highest BCUT2D eigenvalue weighted by Gasteiger charge is 2.15. The second-order valence-electron chi connectivity index (χ2n) is 2.78. The Morgan fingerprint density at radius 1 is 1.17 bits per heavy atom. The molecule has 1 aromatic carbocycles. The van der Waals surface area contributed by atoms with Crippen molar-refractivity contribution < 1.29 is 4.74 Å². The van der Waals surface area contributed by atoms with E-state index in [9.17, 15) is 0 Å². The van der Waals surface area contributed by atoms with Gasteiger partial charge in [-0.2, -0.15) is 0 Å². The normalized spacial score (nSPS) is 14.1. The predicted molar refractivity (Wildman–Crippen MR) is 50.5 cm³/mol. The zero-order valence-electron chi connectivity index (χ0n) is 7.00. The van der Waals surface area contributed by atoms with Crippen LogP contribution in [-0.2, 0) is 4.74 Å². The van der Waals surface area contributed by atoms with Gasteiger partial charge < -0.3 is 4.74 Å².